The number of allylic oxidation sites excluding steroid dienone is 1. The molecule has 4 rings (SSSR count). The van der Waals surface area contributed by atoms with Crippen molar-refractivity contribution in [2.24, 2.45) is 34.5 Å². The molecule has 0 amide bonds. The summed E-state index contributed by atoms with van der Waals surface area (Å²) >= 11 is 0. The summed E-state index contributed by atoms with van der Waals surface area (Å²) < 4.78 is 0. The van der Waals surface area contributed by atoms with Crippen LogP contribution in [0.4, 0.5) is 0 Å². The Labute approximate surface area is 150 Å². The van der Waals surface area contributed by atoms with Gasteiger partial charge in [0.1, 0.15) is 0 Å². The van der Waals surface area contributed by atoms with Crippen molar-refractivity contribution in [2.75, 3.05) is 6.61 Å². The maximum Gasteiger partial charge on any atom is 0.155 e. The normalized spacial score (nSPS) is 50.5. The lowest BCUT2D eigenvalue weighted by molar-refractivity contribution is -0.143. The van der Waals surface area contributed by atoms with Gasteiger partial charge in [-0.1, -0.05) is 19.4 Å². The van der Waals surface area contributed by atoms with Crippen LogP contribution >= 0.6 is 0 Å². The molecule has 4 aliphatic carbocycles. The van der Waals surface area contributed by atoms with Crippen LogP contribution in [0.1, 0.15) is 58.8 Å². The smallest absolute Gasteiger partial charge is 0.155 e. The predicted molar refractivity (Wildman–Crippen MR) is 94.7 cm³/mol. The van der Waals surface area contributed by atoms with Crippen molar-refractivity contribution >= 4 is 5.78 Å². The average molecular weight is 348 g/mol. The molecule has 3 saturated carbocycles. The lowest BCUT2D eigenvalue weighted by Gasteiger charge is -2.60. The molecule has 0 aliphatic heterocycles. The first-order valence-electron chi connectivity index (χ1n) is 10.0. The quantitative estimate of drug-likeness (QED) is 0.716. The van der Waals surface area contributed by atoms with E-state index in [4.69, 9.17) is 0 Å². The van der Waals surface area contributed by atoms with Gasteiger partial charge in [-0.15, -0.1) is 0 Å². The maximum atomic E-state index is 11.9. The van der Waals surface area contributed by atoms with E-state index in [9.17, 15) is 20.1 Å². The van der Waals surface area contributed by atoms with Crippen LogP contribution in [-0.4, -0.2) is 39.9 Å². The van der Waals surface area contributed by atoms with Gasteiger partial charge in [-0.3, -0.25) is 4.79 Å². The Bertz CT molecular complexity index is 599. The van der Waals surface area contributed by atoms with Gasteiger partial charge < -0.3 is 15.3 Å². The zero-order valence-electron chi connectivity index (χ0n) is 15.4. The molecule has 0 aromatic carbocycles. The second-order valence-corrected chi connectivity index (χ2v) is 9.60. The molecule has 0 aromatic rings. The molecule has 0 spiro atoms. The number of hydrogen-bond acceptors (Lipinski definition) is 4. The molecule has 0 heterocycles. The van der Waals surface area contributed by atoms with E-state index in [0.717, 1.165) is 32.1 Å². The first kappa shape index (κ1) is 17.7. The number of hydrogen-bond donors (Lipinski definition) is 3. The van der Waals surface area contributed by atoms with Gasteiger partial charge in [0.25, 0.3) is 0 Å². The third-order valence-corrected chi connectivity index (χ3v) is 8.62. The molecular weight excluding hydrogens is 316 g/mol. The Morgan fingerprint density at radius 1 is 1.24 bits per heavy atom. The standard InChI is InChI=1S/C21H32O4/c1-20-8-7-13(23)9-12(20)3-4-14-15-5-6-16(18(25)11-22)21(15,2)10-17(24)19(14)20/h9,14-19,22,24-25H,3-8,10-11H2,1-2H3/t14-,15-,16+,17-,18-,19+,20-,21-/m0/s1. The monoisotopic (exact) mass is 348 g/mol. The van der Waals surface area contributed by atoms with Crippen LogP contribution in [-0.2, 0) is 4.79 Å². The van der Waals surface area contributed by atoms with E-state index in [-0.39, 0.29) is 41.2 Å². The minimum absolute atomic E-state index is 0.0503. The van der Waals surface area contributed by atoms with Gasteiger partial charge in [-0.25, -0.2) is 0 Å². The number of aliphatic hydroxyl groups excluding tert-OH is 3. The molecule has 140 valence electrons. The molecule has 3 fully saturated rings. The second kappa shape index (κ2) is 5.90. The van der Waals surface area contributed by atoms with Crippen LogP contribution in [0.5, 0.6) is 0 Å². The van der Waals surface area contributed by atoms with Crippen LogP contribution < -0.4 is 0 Å². The lowest BCUT2D eigenvalue weighted by Crippen LogP contribution is -2.57. The zero-order valence-corrected chi connectivity index (χ0v) is 15.4. The van der Waals surface area contributed by atoms with Crippen LogP contribution in [0.2, 0.25) is 0 Å². The summed E-state index contributed by atoms with van der Waals surface area (Å²) in [5.41, 5.74) is 1.12. The van der Waals surface area contributed by atoms with Crippen molar-refractivity contribution in [2.45, 2.75) is 71.0 Å². The Kier molecular flexibility index (Phi) is 4.17. The average Bonchev–Trinajstić information content (AvgIpc) is 2.91. The minimum Gasteiger partial charge on any atom is -0.394 e. The van der Waals surface area contributed by atoms with Gasteiger partial charge in [-0.2, -0.15) is 0 Å². The molecule has 4 nitrogen and oxygen atoms in total. The highest BCUT2D eigenvalue weighted by molar-refractivity contribution is 5.91. The highest BCUT2D eigenvalue weighted by Gasteiger charge is 2.62. The van der Waals surface area contributed by atoms with Gasteiger partial charge in [0.2, 0.25) is 0 Å². The summed E-state index contributed by atoms with van der Waals surface area (Å²) in [6, 6.07) is 0. The van der Waals surface area contributed by atoms with Crippen molar-refractivity contribution in [1.29, 1.82) is 0 Å². The highest BCUT2D eigenvalue weighted by atomic mass is 16.3. The fourth-order valence-corrected chi connectivity index (χ4v) is 7.49. The third-order valence-electron chi connectivity index (χ3n) is 8.62. The van der Waals surface area contributed by atoms with Crippen molar-refractivity contribution < 1.29 is 20.1 Å². The molecule has 0 unspecified atom stereocenters. The number of ketones is 1. The fraction of sp³-hybridized carbons (Fsp3) is 0.857. The van der Waals surface area contributed by atoms with Gasteiger partial charge >= 0.3 is 0 Å². The highest BCUT2D eigenvalue weighted by Crippen LogP contribution is 2.66. The van der Waals surface area contributed by atoms with Gasteiger partial charge in [-0.05, 0) is 79.1 Å². The molecule has 25 heavy (non-hydrogen) atoms. The van der Waals surface area contributed by atoms with Crippen molar-refractivity contribution in [3.8, 4) is 0 Å². The van der Waals surface area contributed by atoms with E-state index >= 15 is 0 Å². The maximum absolute atomic E-state index is 11.9. The van der Waals surface area contributed by atoms with E-state index < -0.39 is 6.10 Å². The molecule has 0 bridgehead atoms. The third kappa shape index (κ3) is 2.40. The number of aliphatic hydroxyl groups is 3. The molecule has 0 saturated heterocycles. The summed E-state index contributed by atoms with van der Waals surface area (Å²) in [5.74, 6) is 1.51. The van der Waals surface area contributed by atoms with Gasteiger partial charge in [0, 0.05) is 6.42 Å². The molecule has 0 aromatic heterocycles. The Balaban J connectivity index is 1.69. The first-order chi connectivity index (χ1) is 11.8. The molecular formula is C21H32O4. The minimum atomic E-state index is -0.680. The van der Waals surface area contributed by atoms with Crippen molar-refractivity contribution in [3.63, 3.8) is 0 Å². The van der Waals surface area contributed by atoms with Crippen LogP contribution in [0.25, 0.3) is 0 Å². The number of carbonyl (C=O) groups excluding carboxylic acids is 1. The molecule has 4 aliphatic rings. The van der Waals surface area contributed by atoms with Crippen LogP contribution in [0.15, 0.2) is 11.6 Å². The Morgan fingerprint density at radius 3 is 2.72 bits per heavy atom. The summed E-state index contributed by atoms with van der Waals surface area (Å²) in [6.07, 6.45) is 7.00. The summed E-state index contributed by atoms with van der Waals surface area (Å²) in [5, 5.41) is 31.0. The summed E-state index contributed by atoms with van der Waals surface area (Å²) in [6.45, 7) is 4.30. The lowest BCUT2D eigenvalue weighted by atomic mass is 9.46. The Morgan fingerprint density at radius 2 is 2.00 bits per heavy atom. The largest absolute Gasteiger partial charge is 0.394 e. The number of rotatable bonds is 2. The molecule has 3 N–H and O–H groups in total. The second-order valence-electron chi connectivity index (χ2n) is 9.60. The van der Waals surface area contributed by atoms with Crippen LogP contribution in [0.3, 0.4) is 0 Å². The van der Waals surface area contributed by atoms with Crippen LogP contribution in [0, 0.1) is 34.5 Å². The molecule has 4 heteroatoms. The fourth-order valence-electron chi connectivity index (χ4n) is 7.49. The summed E-state index contributed by atoms with van der Waals surface area (Å²) in [7, 11) is 0. The molecule has 8 atom stereocenters. The number of fused-ring (bicyclic) bond motifs is 5. The predicted octanol–water partition coefficient (Wildman–Crippen LogP) is 2.46. The zero-order chi connectivity index (χ0) is 18.0. The SMILES string of the molecule is C[C@]12C[C@H](O)[C@H]3[C@@H](CCC4=CC(=O)CC[C@@]43C)[C@@H]1CC[C@@H]2[C@@H](O)CO. The van der Waals surface area contributed by atoms with E-state index in [1.54, 1.807) is 0 Å². The Hall–Kier alpha value is -0.710. The topological polar surface area (TPSA) is 77.8 Å². The van der Waals surface area contributed by atoms with E-state index in [1.807, 2.05) is 6.08 Å². The van der Waals surface area contributed by atoms with E-state index in [1.165, 1.54) is 5.57 Å². The first-order valence-corrected chi connectivity index (χ1v) is 10.0. The van der Waals surface area contributed by atoms with Crippen molar-refractivity contribution in [3.05, 3.63) is 11.6 Å². The van der Waals surface area contributed by atoms with E-state index in [0.29, 0.717) is 24.7 Å². The van der Waals surface area contributed by atoms with E-state index in [2.05, 4.69) is 13.8 Å². The molecule has 0 radical (unpaired) electrons. The van der Waals surface area contributed by atoms with Crippen molar-refractivity contribution in [1.82, 2.24) is 0 Å². The van der Waals surface area contributed by atoms with Gasteiger partial charge in [0.15, 0.2) is 5.78 Å². The van der Waals surface area contributed by atoms with Gasteiger partial charge in [0.05, 0.1) is 18.8 Å². The summed E-state index contributed by atoms with van der Waals surface area (Å²) in [4.78, 5) is 11.9. The number of carbonyl (C=O) groups is 1.